The molecular formula is C23H23F6N3O3S. The van der Waals surface area contributed by atoms with E-state index in [1.54, 1.807) is 0 Å². The Morgan fingerprint density at radius 3 is 2.06 bits per heavy atom. The zero-order valence-corrected chi connectivity index (χ0v) is 19.6. The number of hydrogen-bond donors (Lipinski definition) is 2. The van der Waals surface area contributed by atoms with Crippen molar-refractivity contribution in [1.29, 1.82) is 0 Å². The van der Waals surface area contributed by atoms with Crippen molar-refractivity contribution in [2.75, 3.05) is 19.8 Å². The quantitative estimate of drug-likeness (QED) is 0.236. The Kier molecular flexibility index (Phi) is 9.14. The number of rotatable bonds is 11. The molecule has 6 nitrogen and oxygen atoms in total. The van der Waals surface area contributed by atoms with Crippen LogP contribution in [0.2, 0.25) is 0 Å². The van der Waals surface area contributed by atoms with E-state index in [9.17, 15) is 26.3 Å². The van der Waals surface area contributed by atoms with Gasteiger partial charge in [0.05, 0.1) is 37.0 Å². The molecule has 36 heavy (non-hydrogen) atoms. The van der Waals surface area contributed by atoms with Gasteiger partial charge in [0.25, 0.3) is 0 Å². The van der Waals surface area contributed by atoms with Crippen molar-refractivity contribution in [3.8, 4) is 22.1 Å². The summed E-state index contributed by atoms with van der Waals surface area (Å²) >= 11 is 0.984. The number of unbranched alkanes of at least 4 members (excludes halogenated alkanes) is 2. The van der Waals surface area contributed by atoms with E-state index >= 15 is 0 Å². The molecule has 0 aliphatic heterocycles. The number of aliphatic hydroxyl groups is 1. The molecule has 0 spiro atoms. The number of aliphatic hydroxyl groups excluding tert-OH is 1. The van der Waals surface area contributed by atoms with Gasteiger partial charge in [-0.05, 0) is 49.6 Å². The SMILES string of the molecule is NC(CO)c1nnc(-c2ccc(OCCCCCOc3ccccc3C(F)(F)F)c(C(F)(F)F)c2)s1. The van der Waals surface area contributed by atoms with E-state index in [-0.39, 0.29) is 41.9 Å². The Hall–Kier alpha value is -2.90. The first-order valence-electron chi connectivity index (χ1n) is 10.8. The second-order valence-electron chi connectivity index (χ2n) is 7.69. The van der Waals surface area contributed by atoms with E-state index in [4.69, 9.17) is 20.3 Å². The van der Waals surface area contributed by atoms with Gasteiger partial charge in [0, 0.05) is 5.56 Å². The summed E-state index contributed by atoms with van der Waals surface area (Å²) in [5, 5.41) is 17.3. The molecule has 0 aliphatic rings. The molecule has 0 aliphatic carbocycles. The van der Waals surface area contributed by atoms with Crippen molar-refractivity contribution in [2.45, 2.75) is 37.7 Å². The third-order valence-corrected chi connectivity index (χ3v) is 6.09. The van der Waals surface area contributed by atoms with Crippen LogP contribution in [0.5, 0.6) is 11.5 Å². The summed E-state index contributed by atoms with van der Waals surface area (Å²) in [5.41, 5.74) is 4.01. The highest BCUT2D eigenvalue weighted by Crippen LogP contribution is 2.40. The minimum absolute atomic E-state index is 0.0180. The van der Waals surface area contributed by atoms with Crippen molar-refractivity contribution >= 4 is 11.3 Å². The predicted octanol–water partition coefficient (Wildman–Crippen LogP) is 5.86. The van der Waals surface area contributed by atoms with E-state index < -0.39 is 29.5 Å². The van der Waals surface area contributed by atoms with Gasteiger partial charge in [-0.25, -0.2) is 0 Å². The number of ether oxygens (including phenoxy) is 2. The van der Waals surface area contributed by atoms with Crippen LogP contribution in [-0.4, -0.2) is 35.1 Å². The van der Waals surface area contributed by atoms with Gasteiger partial charge in [0.15, 0.2) is 0 Å². The average molecular weight is 536 g/mol. The van der Waals surface area contributed by atoms with E-state index in [0.29, 0.717) is 24.3 Å². The summed E-state index contributed by atoms with van der Waals surface area (Å²) in [5.74, 6) is -0.615. The summed E-state index contributed by atoms with van der Waals surface area (Å²) in [6, 6.07) is 7.63. The van der Waals surface area contributed by atoms with Gasteiger partial charge >= 0.3 is 12.4 Å². The molecule has 1 aromatic heterocycles. The fourth-order valence-electron chi connectivity index (χ4n) is 3.16. The third kappa shape index (κ3) is 7.31. The van der Waals surface area contributed by atoms with Crippen molar-refractivity contribution in [3.63, 3.8) is 0 Å². The van der Waals surface area contributed by atoms with E-state index in [1.165, 1.54) is 30.3 Å². The topological polar surface area (TPSA) is 90.5 Å². The smallest absolute Gasteiger partial charge is 0.419 e. The fourth-order valence-corrected chi connectivity index (χ4v) is 3.99. The first kappa shape index (κ1) is 27.7. The van der Waals surface area contributed by atoms with Crippen molar-refractivity contribution in [1.82, 2.24) is 10.2 Å². The molecule has 3 aromatic rings. The Morgan fingerprint density at radius 2 is 1.44 bits per heavy atom. The van der Waals surface area contributed by atoms with Crippen LogP contribution in [0.15, 0.2) is 42.5 Å². The van der Waals surface area contributed by atoms with Crippen LogP contribution in [0.4, 0.5) is 26.3 Å². The highest BCUT2D eigenvalue weighted by Gasteiger charge is 2.35. The third-order valence-electron chi connectivity index (χ3n) is 4.98. The van der Waals surface area contributed by atoms with E-state index in [0.717, 1.165) is 23.5 Å². The Labute approximate surface area is 206 Å². The summed E-state index contributed by atoms with van der Waals surface area (Å²) < 4.78 is 90.4. The van der Waals surface area contributed by atoms with Crippen LogP contribution >= 0.6 is 11.3 Å². The first-order valence-corrected chi connectivity index (χ1v) is 11.7. The molecule has 0 bridgehead atoms. The summed E-state index contributed by atoms with van der Waals surface area (Å²) in [7, 11) is 0. The molecule has 2 aromatic carbocycles. The molecule has 1 heterocycles. The minimum atomic E-state index is -4.68. The van der Waals surface area contributed by atoms with Crippen molar-refractivity contribution < 1.29 is 40.9 Å². The maximum atomic E-state index is 13.6. The zero-order chi connectivity index (χ0) is 26.3. The molecular weight excluding hydrogens is 512 g/mol. The number of para-hydroxylation sites is 1. The van der Waals surface area contributed by atoms with E-state index in [1.807, 2.05) is 0 Å². The van der Waals surface area contributed by atoms with Gasteiger partial charge in [-0.2, -0.15) is 26.3 Å². The maximum absolute atomic E-state index is 13.6. The molecule has 3 N–H and O–H groups in total. The fraction of sp³-hybridized carbons (Fsp3) is 0.391. The molecule has 196 valence electrons. The number of aromatic nitrogens is 2. The molecule has 0 radical (unpaired) electrons. The molecule has 1 atom stereocenters. The second-order valence-corrected chi connectivity index (χ2v) is 8.70. The standard InChI is InChI=1S/C23H23F6N3O3S/c24-22(25,26)15-6-2-3-7-18(15)34-10-4-1-5-11-35-19-9-8-14(12-16(19)23(27,28)29)20-31-32-21(36-20)17(30)13-33/h2-3,6-9,12,17,33H,1,4-5,10-11,13,30H2. The molecule has 3 rings (SSSR count). The molecule has 0 amide bonds. The normalized spacial score (nSPS) is 13.0. The number of hydrogen-bond acceptors (Lipinski definition) is 7. The zero-order valence-electron chi connectivity index (χ0n) is 18.8. The van der Waals surface area contributed by atoms with Gasteiger partial charge in [-0.15, -0.1) is 10.2 Å². The monoisotopic (exact) mass is 535 g/mol. The Morgan fingerprint density at radius 1 is 0.833 bits per heavy atom. The van der Waals surface area contributed by atoms with Gasteiger partial charge in [-0.3, -0.25) is 0 Å². The maximum Gasteiger partial charge on any atom is 0.419 e. The van der Waals surface area contributed by atoms with Crippen LogP contribution in [0, 0.1) is 0 Å². The first-order chi connectivity index (χ1) is 17.0. The lowest BCUT2D eigenvalue weighted by Crippen LogP contribution is -2.13. The molecule has 0 saturated heterocycles. The number of halogens is 6. The Bertz CT molecular complexity index is 1140. The number of nitrogens with zero attached hydrogens (tertiary/aromatic N) is 2. The van der Waals surface area contributed by atoms with Gasteiger partial charge in [0.1, 0.15) is 21.5 Å². The van der Waals surface area contributed by atoms with Crippen LogP contribution in [0.3, 0.4) is 0 Å². The molecule has 0 saturated carbocycles. The lowest BCUT2D eigenvalue weighted by Gasteiger charge is -2.15. The van der Waals surface area contributed by atoms with Gasteiger partial charge in [0.2, 0.25) is 0 Å². The van der Waals surface area contributed by atoms with Gasteiger partial charge < -0.3 is 20.3 Å². The largest absolute Gasteiger partial charge is 0.493 e. The van der Waals surface area contributed by atoms with Crippen molar-refractivity contribution in [3.05, 3.63) is 58.6 Å². The summed E-state index contributed by atoms with van der Waals surface area (Å²) in [6.45, 7) is -0.364. The molecule has 0 fully saturated rings. The summed E-state index contributed by atoms with van der Waals surface area (Å²) in [4.78, 5) is 0. The highest BCUT2D eigenvalue weighted by atomic mass is 32.1. The minimum Gasteiger partial charge on any atom is -0.493 e. The lowest BCUT2D eigenvalue weighted by atomic mass is 10.1. The van der Waals surface area contributed by atoms with Crippen LogP contribution in [0.25, 0.3) is 10.6 Å². The van der Waals surface area contributed by atoms with Gasteiger partial charge in [-0.1, -0.05) is 23.5 Å². The van der Waals surface area contributed by atoms with Crippen LogP contribution in [0.1, 0.15) is 41.4 Å². The molecule has 13 heteroatoms. The Balaban J connectivity index is 1.53. The van der Waals surface area contributed by atoms with E-state index in [2.05, 4.69) is 10.2 Å². The van der Waals surface area contributed by atoms with Crippen LogP contribution in [-0.2, 0) is 12.4 Å². The van der Waals surface area contributed by atoms with Crippen molar-refractivity contribution in [2.24, 2.45) is 5.73 Å². The number of nitrogens with two attached hydrogens (primary N) is 1. The molecule has 1 unspecified atom stereocenters. The predicted molar refractivity (Wildman–Crippen MR) is 121 cm³/mol. The average Bonchev–Trinajstić information content (AvgIpc) is 3.32. The second kappa shape index (κ2) is 11.9. The number of benzene rings is 2. The highest BCUT2D eigenvalue weighted by molar-refractivity contribution is 7.14. The lowest BCUT2D eigenvalue weighted by molar-refractivity contribution is -0.139. The summed E-state index contributed by atoms with van der Waals surface area (Å²) in [6.07, 6.45) is -7.95. The number of alkyl halides is 6. The van der Waals surface area contributed by atoms with Crippen LogP contribution < -0.4 is 15.2 Å².